The lowest BCUT2D eigenvalue weighted by molar-refractivity contribution is -0.122. The molecule has 2 unspecified atom stereocenters. The minimum atomic E-state index is -4.35. The van der Waals surface area contributed by atoms with Gasteiger partial charge in [-0.1, -0.05) is 153 Å². The molecule has 3 N–H and O–H groups in total. The minimum absolute atomic E-state index is 0.283. The van der Waals surface area contributed by atoms with Gasteiger partial charge in [-0.3, -0.25) is 9.35 Å². The molecule has 0 aliphatic heterocycles. The molecule has 0 aromatic heterocycles. The van der Waals surface area contributed by atoms with Gasteiger partial charge in [0.25, 0.3) is 10.1 Å². The number of aliphatic hydroxyl groups is 1. The summed E-state index contributed by atoms with van der Waals surface area (Å²) in [5, 5.41) is 13.1. The fourth-order valence-electron chi connectivity index (χ4n) is 5.46. The standard InChI is InChI=1S/C38H71NO5S/c1-3-5-7-9-11-13-15-17-18-19-20-21-22-24-26-28-30-32-34-38(41)39-36(35-45(42,43)44)37(40)33-31-29-27-25-23-16-14-12-10-8-6-4-2/h18-19,23,25,31,33,36-37,40H,3-17,20-22,24,26-30,32,34-35H2,1-2H3,(H,39,41)(H,42,43,44)/b19-18-,25-23+,33-31+. The molecule has 0 fully saturated rings. The van der Waals surface area contributed by atoms with E-state index in [0.29, 0.717) is 6.42 Å². The summed E-state index contributed by atoms with van der Waals surface area (Å²) < 4.78 is 32.3. The van der Waals surface area contributed by atoms with Crippen molar-refractivity contribution in [2.45, 2.75) is 193 Å². The second-order valence-corrected chi connectivity index (χ2v) is 14.3. The number of carbonyl (C=O) groups excluding carboxylic acids is 1. The first-order valence-electron chi connectivity index (χ1n) is 18.7. The predicted octanol–water partition coefficient (Wildman–Crippen LogP) is 10.6. The van der Waals surface area contributed by atoms with E-state index in [1.165, 1.54) is 122 Å². The van der Waals surface area contributed by atoms with E-state index < -0.39 is 28.0 Å². The van der Waals surface area contributed by atoms with Gasteiger partial charge in [0.15, 0.2) is 0 Å². The van der Waals surface area contributed by atoms with Crippen LogP contribution in [0, 0.1) is 0 Å². The van der Waals surface area contributed by atoms with E-state index in [1.54, 1.807) is 6.08 Å². The molecule has 45 heavy (non-hydrogen) atoms. The molecule has 0 radical (unpaired) electrons. The molecule has 264 valence electrons. The van der Waals surface area contributed by atoms with E-state index in [-0.39, 0.29) is 12.3 Å². The Bertz CT molecular complexity index is 852. The first-order valence-corrected chi connectivity index (χ1v) is 20.3. The van der Waals surface area contributed by atoms with Gasteiger partial charge in [0.05, 0.1) is 17.9 Å². The molecule has 0 saturated carbocycles. The second-order valence-electron chi connectivity index (χ2n) is 12.8. The average Bonchev–Trinajstić information content (AvgIpc) is 3.00. The Morgan fingerprint density at radius 3 is 1.40 bits per heavy atom. The van der Waals surface area contributed by atoms with E-state index in [0.717, 1.165) is 38.5 Å². The average molecular weight is 654 g/mol. The van der Waals surface area contributed by atoms with Gasteiger partial charge in [-0.15, -0.1) is 0 Å². The Balaban J connectivity index is 3.99. The highest BCUT2D eigenvalue weighted by Crippen LogP contribution is 2.12. The number of carbonyl (C=O) groups is 1. The molecule has 2 atom stereocenters. The van der Waals surface area contributed by atoms with Gasteiger partial charge >= 0.3 is 0 Å². The van der Waals surface area contributed by atoms with Crippen LogP contribution in [0.5, 0.6) is 0 Å². The van der Waals surface area contributed by atoms with Crippen molar-refractivity contribution < 1.29 is 22.9 Å². The minimum Gasteiger partial charge on any atom is -0.387 e. The van der Waals surface area contributed by atoms with Gasteiger partial charge in [-0.05, 0) is 57.8 Å². The van der Waals surface area contributed by atoms with Crippen molar-refractivity contribution in [3.05, 3.63) is 36.5 Å². The highest BCUT2D eigenvalue weighted by Gasteiger charge is 2.24. The number of amides is 1. The van der Waals surface area contributed by atoms with Crippen LogP contribution in [-0.2, 0) is 14.9 Å². The van der Waals surface area contributed by atoms with Crippen molar-refractivity contribution in [1.82, 2.24) is 5.32 Å². The summed E-state index contributed by atoms with van der Waals surface area (Å²) in [4.78, 5) is 12.5. The number of rotatable bonds is 33. The maximum absolute atomic E-state index is 12.5. The van der Waals surface area contributed by atoms with E-state index in [9.17, 15) is 22.9 Å². The Labute approximate surface area is 278 Å². The molecule has 0 bridgehead atoms. The monoisotopic (exact) mass is 654 g/mol. The number of hydrogen-bond acceptors (Lipinski definition) is 4. The lowest BCUT2D eigenvalue weighted by Crippen LogP contribution is -2.46. The number of aliphatic hydroxyl groups excluding tert-OH is 1. The van der Waals surface area contributed by atoms with Crippen molar-refractivity contribution in [3.8, 4) is 0 Å². The van der Waals surface area contributed by atoms with Crippen LogP contribution in [0.15, 0.2) is 36.5 Å². The topological polar surface area (TPSA) is 104 Å². The first-order chi connectivity index (χ1) is 21.8. The molecule has 0 aromatic carbocycles. The molecule has 6 nitrogen and oxygen atoms in total. The Hall–Kier alpha value is -1.44. The van der Waals surface area contributed by atoms with Crippen molar-refractivity contribution in [1.29, 1.82) is 0 Å². The fraction of sp³-hybridized carbons (Fsp3) is 0.816. The molecular weight excluding hydrogens is 582 g/mol. The zero-order valence-electron chi connectivity index (χ0n) is 29.2. The molecule has 0 aliphatic rings. The van der Waals surface area contributed by atoms with Crippen LogP contribution in [0.25, 0.3) is 0 Å². The second kappa shape index (κ2) is 32.5. The van der Waals surface area contributed by atoms with Crippen molar-refractivity contribution in [2.24, 2.45) is 0 Å². The Kier molecular flexibility index (Phi) is 31.5. The quantitative estimate of drug-likeness (QED) is 0.0371. The summed E-state index contributed by atoms with van der Waals surface area (Å²) in [6.07, 6.45) is 41.3. The van der Waals surface area contributed by atoms with Gasteiger partial charge in [0.1, 0.15) is 0 Å². The van der Waals surface area contributed by atoms with Gasteiger partial charge in [0.2, 0.25) is 5.91 Å². The zero-order chi connectivity index (χ0) is 33.3. The van der Waals surface area contributed by atoms with Crippen LogP contribution in [0.1, 0.15) is 181 Å². The molecule has 0 aliphatic carbocycles. The summed E-state index contributed by atoms with van der Waals surface area (Å²) in [7, 11) is -4.35. The summed E-state index contributed by atoms with van der Waals surface area (Å²) in [5.74, 6) is -1.01. The third-order valence-corrected chi connectivity index (χ3v) is 9.07. The maximum atomic E-state index is 12.5. The van der Waals surface area contributed by atoms with Gasteiger partial charge in [-0.2, -0.15) is 8.42 Å². The largest absolute Gasteiger partial charge is 0.387 e. The van der Waals surface area contributed by atoms with Crippen LogP contribution in [0.4, 0.5) is 0 Å². The smallest absolute Gasteiger partial charge is 0.267 e. The predicted molar refractivity (Wildman–Crippen MR) is 193 cm³/mol. The zero-order valence-corrected chi connectivity index (χ0v) is 30.1. The Morgan fingerprint density at radius 2 is 0.956 bits per heavy atom. The van der Waals surface area contributed by atoms with Gasteiger partial charge in [0, 0.05) is 6.42 Å². The summed E-state index contributed by atoms with van der Waals surface area (Å²) in [5.41, 5.74) is 0. The number of allylic oxidation sites excluding steroid dienone is 5. The number of hydrogen-bond donors (Lipinski definition) is 3. The normalized spacial score (nSPS) is 13.8. The van der Waals surface area contributed by atoms with Gasteiger partial charge < -0.3 is 10.4 Å². The highest BCUT2D eigenvalue weighted by atomic mass is 32.2. The van der Waals surface area contributed by atoms with Crippen LogP contribution in [0.2, 0.25) is 0 Å². The summed E-state index contributed by atoms with van der Waals surface area (Å²) in [6.45, 7) is 4.49. The van der Waals surface area contributed by atoms with Crippen LogP contribution in [-0.4, -0.2) is 41.9 Å². The molecule has 0 rings (SSSR count). The van der Waals surface area contributed by atoms with Gasteiger partial charge in [-0.25, -0.2) is 0 Å². The van der Waals surface area contributed by atoms with Crippen LogP contribution in [0.3, 0.4) is 0 Å². The molecule has 1 amide bonds. The molecule has 7 heteroatoms. The first kappa shape index (κ1) is 43.6. The van der Waals surface area contributed by atoms with Crippen molar-refractivity contribution in [2.75, 3.05) is 5.75 Å². The molecule has 0 saturated heterocycles. The third kappa shape index (κ3) is 33.7. The van der Waals surface area contributed by atoms with Crippen LogP contribution < -0.4 is 5.32 Å². The SMILES string of the molecule is CCCCCCCC/C=C/CC/C=C/C(O)C(CS(=O)(=O)O)NC(=O)CCCCCCCCC/C=C\CCCCCCCCC. The highest BCUT2D eigenvalue weighted by molar-refractivity contribution is 7.85. The van der Waals surface area contributed by atoms with Crippen molar-refractivity contribution >= 4 is 16.0 Å². The van der Waals surface area contributed by atoms with Crippen molar-refractivity contribution in [3.63, 3.8) is 0 Å². The molecule has 0 heterocycles. The maximum Gasteiger partial charge on any atom is 0.267 e. The molecular formula is C38H71NO5S. The van der Waals surface area contributed by atoms with E-state index >= 15 is 0 Å². The van der Waals surface area contributed by atoms with E-state index in [1.807, 2.05) is 0 Å². The van der Waals surface area contributed by atoms with E-state index in [2.05, 4.69) is 43.5 Å². The fourth-order valence-corrected chi connectivity index (χ4v) is 6.19. The Morgan fingerprint density at radius 1 is 0.578 bits per heavy atom. The number of unbranched alkanes of at least 4 members (excludes halogenated alkanes) is 21. The summed E-state index contributed by atoms with van der Waals surface area (Å²) in [6, 6.07) is -1.07. The number of nitrogens with one attached hydrogen (secondary N) is 1. The lowest BCUT2D eigenvalue weighted by atomic mass is 10.1. The molecule has 0 spiro atoms. The van der Waals surface area contributed by atoms with E-state index in [4.69, 9.17) is 0 Å². The van der Waals surface area contributed by atoms with Crippen LogP contribution >= 0.6 is 0 Å². The lowest BCUT2D eigenvalue weighted by Gasteiger charge is -2.21. The molecule has 0 aromatic rings. The third-order valence-electron chi connectivity index (χ3n) is 8.29. The summed E-state index contributed by atoms with van der Waals surface area (Å²) >= 11 is 0.